The lowest BCUT2D eigenvalue weighted by molar-refractivity contribution is 0.0951. The molecule has 3 rings (SSSR count). The Morgan fingerprint density at radius 3 is 3.00 bits per heavy atom. The second-order valence-corrected chi connectivity index (χ2v) is 6.28. The first-order valence-electron chi connectivity index (χ1n) is 7.81. The third-order valence-electron chi connectivity index (χ3n) is 3.60. The Morgan fingerprint density at radius 1 is 1.36 bits per heavy atom. The molecule has 7 heteroatoms. The normalized spacial score (nSPS) is 10.5. The standard InChI is InChI=1S/C18H18N4O2S/c1-12-8-15(16(24-2)10-21-12)17(23)20-7-5-14-11-25-18(22-14)13-4-3-6-19-9-13/h3-4,6,8-11H,5,7H2,1-2H3,(H,20,23). The first kappa shape index (κ1) is 17.0. The van der Waals surface area contributed by atoms with Crippen LogP contribution in [-0.4, -0.2) is 34.5 Å². The van der Waals surface area contributed by atoms with Crippen LogP contribution < -0.4 is 10.1 Å². The van der Waals surface area contributed by atoms with E-state index in [1.165, 1.54) is 7.11 Å². The molecule has 1 amide bonds. The third kappa shape index (κ3) is 4.19. The van der Waals surface area contributed by atoms with Gasteiger partial charge in [-0.25, -0.2) is 4.98 Å². The van der Waals surface area contributed by atoms with Crippen molar-refractivity contribution < 1.29 is 9.53 Å². The predicted molar refractivity (Wildman–Crippen MR) is 96.9 cm³/mol. The summed E-state index contributed by atoms with van der Waals surface area (Å²) in [6.45, 7) is 2.34. The number of rotatable bonds is 6. The third-order valence-corrected chi connectivity index (χ3v) is 4.54. The second kappa shape index (κ2) is 7.85. The number of carbonyl (C=O) groups is 1. The molecular formula is C18H18N4O2S. The van der Waals surface area contributed by atoms with E-state index in [9.17, 15) is 4.79 Å². The molecule has 0 fully saturated rings. The highest BCUT2D eigenvalue weighted by Gasteiger charge is 2.13. The number of methoxy groups -OCH3 is 1. The summed E-state index contributed by atoms with van der Waals surface area (Å²) in [5.74, 6) is 0.292. The van der Waals surface area contributed by atoms with Crippen LogP contribution >= 0.6 is 11.3 Å². The Labute approximate surface area is 149 Å². The zero-order valence-corrected chi connectivity index (χ0v) is 14.8. The number of ether oxygens (including phenoxy) is 1. The molecule has 0 spiro atoms. The van der Waals surface area contributed by atoms with Crippen molar-refractivity contribution in [3.63, 3.8) is 0 Å². The van der Waals surface area contributed by atoms with E-state index in [2.05, 4.69) is 20.3 Å². The summed E-state index contributed by atoms with van der Waals surface area (Å²) in [6.07, 6.45) is 5.75. The number of hydrogen-bond acceptors (Lipinski definition) is 6. The molecule has 25 heavy (non-hydrogen) atoms. The molecule has 0 bridgehead atoms. The van der Waals surface area contributed by atoms with Gasteiger partial charge in [0.25, 0.3) is 5.91 Å². The maximum atomic E-state index is 12.3. The Hall–Kier alpha value is -2.80. The minimum absolute atomic E-state index is 0.176. The van der Waals surface area contributed by atoms with Crippen LogP contribution in [0, 0.1) is 6.92 Å². The largest absolute Gasteiger partial charge is 0.494 e. The molecule has 6 nitrogen and oxygen atoms in total. The van der Waals surface area contributed by atoms with Crippen molar-refractivity contribution in [1.29, 1.82) is 0 Å². The summed E-state index contributed by atoms with van der Waals surface area (Å²) in [7, 11) is 1.53. The Kier molecular flexibility index (Phi) is 5.35. The van der Waals surface area contributed by atoms with Gasteiger partial charge >= 0.3 is 0 Å². The predicted octanol–water partition coefficient (Wildman–Crippen LogP) is 2.89. The van der Waals surface area contributed by atoms with Crippen LogP contribution in [0.15, 0.2) is 42.2 Å². The van der Waals surface area contributed by atoms with Gasteiger partial charge in [-0.15, -0.1) is 11.3 Å². The number of carbonyl (C=O) groups excluding carboxylic acids is 1. The zero-order valence-electron chi connectivity index (χ0n) is 14.0. The Balaban J connectivity index is 1.59. The Morgan fingerprint density at radius 2 is 2.24 bits per heavy atom. The van der Waals surface area contributed by atoms with Crippen LogP contribution in [-0.2, 0) is 6.42 Å². The van der Waals surface area contributed by atoms with Crippen LogP contribution in [0.4, 0.5) is 0 Å². The maximum absolute atomic E-state index is 12.3. The lowest BCUT2D eigenvalue weighted by atomic mass is 10.2. The van der Waals surface area contributed by atoms with Gasteiger partial charge in [-0.3, -0.25) is 14.8 Å². The molecule has 1 N–H and O–H groups in total. The molecule has 3 aromatic rings. The highest BCUT2D eigenvalue weighted by Crippen LogP contribution is 2.22. The number of amides is 1. The van der Waals surface area contributed by atoms with Gasteiger partial charge in [-0.2, -0.15) is 0 Å². The topological polar surface area (TPSA) is 77.0 Å². The number of nitrogens with one attached hydrogen (secondary N) is 1. The van der Waals surface area contributed by atoms with Gasteiger partial charge in [0.15, 0.2) is 0 Å². The van der Waals surface area contributed by atoms with Gasteiger partial charge < -0.3 is 10.1 Å². The van der Waals surface area contributed by atoms with E-state index >= 15 is 0 Å². The van der Waals surface area contributed by atoms with E-state index in [1.807, 2.05) is 24.4 Å². The van der Waals surface area contributed by atoms with Crippen molar-refractivity contribution in [2.24, 2.45) is 0 Å². The molecule has 0 aliphatic heterocycles. The monoisotopic (exact) mass is 354 g/mol. The van der Waals surface area contributed by atoms with Crippen molar-refractivity contribution in [1.82, 2.24) is 20.3 Å². The fourth-order valence-corrected chi connectivity index (χ4v) is 3.18. The zero-order chi connectivity index (χ0) is 17.6. The fourth-order valence-electron chi connectivity index (χ4n) is 2.33. The average molecular weight is 354 g/mol. The number of aryl methyl sites for hydroxylation is 1. The molecule has 0 saturated carbocycles. The van der Waals surface area contributed by atoms with Gasteiger partial charge in [-0.05, 0) is 25.1 Å². The lowest BCUT2D eigenvalue weighted by Gasteiger charge is -2.09. The lowest BCUT2D eigenvalue weighted by Crippen LogP contribution is -2.26. The highest BCUT2D eigenvalue weighted by molar-refractivity contribution is 7.13. The summed E-state index contributed by atoms with van der Waals surface area (Å²) >= 11 is 1.57. The highest BCUT2D eigenvalue weighted by atomic mass is 32.1. The molecule has 3 heterocycles. The van der Waals surface area contributed by atoms with Gasteiger partial charge in [0.05, 0.1) is 24.6 Å². The molecule has 0 unspecified atom stereocenters. The van der Waals surface area contributed by atoms with E-state index in [0.717, 1.165) is 22.0 Å². The smallest absolute Gasteiger partial charge is 0.255 e. The van der Waals surface area contributed by atoms with Crippen molar-refractivity contribution in [3.05, 3.63) is 59.1 Å². The summed E-state index contributed by atoms with van der Waals surface area (Å²) in [5, 5.41) is 5.84. The van der Waals surface area contributed by atoms with Crippen molar-refractivity contribution in [2.75, 3.05) is 13.7 Å². The van der Waals surface area contributed by atoms with E-state index in [-0.39, 0.29) is 5.91 Å². The quantitative estimate of drug-likeness (QED) is 0.736. The van der Waals surface area contributed by atoms with Crippen LogP contribution in [0.25, 0.3) is 10.6 Å². The number of nitrogens with zero attached hydrogens (tertiary/aromatic N) is 3. The summed E-state index contributed by atoms with van der Waals surface area (Å²) in [6, 6.07) is 5.59. The first-order chi connectivity index (χ1) is 12.2. The van der Waals surface area contributed by atoms with Crippen molar-refractivity contribution in [2.45, 2.75) is 13.3 Å². The Bertz CT molecular complexity index is 865. The molecule has 3 aromatic heterocycles. The summed E-state index contributed by atoms with van der Waals surface area (Å²) in [5.41, 5.74) is 3.21. The molecule has 0 saturated heterocycles. The molecule has 0 atom stereocenters. The van der Waals surface area contributed by atoms with E-state index < -0.39 is 0 Å². The van der Waals surface area contributed by atoms with Crippen LogP contribution in [0.1, 0.15) is 21.7 Å². The van der Waals surface area contributed by atoms with Gasteiger partial charge in [-0.1, -0.05) is 0 Å². The number of thiazole rings is 1. The van der Waals surface area contributed by atoms with Crippen molar-refractivity contribution >= 4 is 17.2 Å². The number of aromatic nitrogens is 3. The summed E-state index contributed by atoms with van der Waals surface area (Å²) in [4.78, 5) is 25.2. The van der Waals surface area contributed by atoms with Crippen LogP contribution in [0.2, 0.25) is 0 Å². The molecule has 0 aliphatic rings. The molecule has 128 valence electrons. The van der Waals surface area contributed by atoms with E-state index in [4.69, 9.17) is 4.74 Å². The fraction of sp³-hybridized carbons (Fsp3) is 0.222. The second-order valence-electron chi connectivity index (χ2n) is 5.42. The maximum Gasteiger partial charge on any atom is 0.255 e. The van der Waals surface area contributed by atoms with Crippen LogP contribution in [0.5, 0.6) is 5.75 Å². The van der Waals surface area contributed by atoms with Gasteiger partial charge in [0, 0.05) is 42.0 Å². The van der Waals surface area contributed by atoms with Gasteiger partial charge in [0.2, 0.25) is 0 Å². The van der Waals surface area contributed by atoms with Crippen LogP contribution in [0.3, 0.4) is 0 Å². The number of pyridine rings is 2. The first-order valence-corrected chi connectivity index (χ1v) is 8.69. The molecular weight excluding hydrogens is 336 g/mol. The van der Waals surface area contributed by atoms with E-state index in [0.29, 0.717) is 24.3 Å². The molecule has 0 radical (unpaired) electrons. The SMILES string of the molecule is COc1cnc(C)cc1C(=O)NCCc1csc(-c2cccnc2)n1. The molecule has 0 aliphatic carbocycles. The summed E-state index contributed by atoms with van der Waals surface area (Å²) < 4.78 is 5.20. The minimum Gasteiger partial charge on any atom is -0.494 e. The number of hydrogen-bond donors (Lipinski definition) is 1. The van der Waals surface area contributed by atoms with E-state index in [1.54, 1.807) is 36.0 Å². The molecule has 0 aromatic carbocycles. The average Bonchev–Trinajstić information content (AvgIpc) is 3.11. The van der Waals surface area contributed by atoms with Crippen molar-refractivity contribution in [3.8, 4) is 16.3 Å². The van der Waals surface area contributed by atoms with Gasteiger partial charge in [0.1, 0.15) is 10.8 Å². The minimum atomic E-state index is -0.176.